The predicted molar refractivity (Wildman–Crippen MR) is 175 cm³/mol. The first-order valence-electron chi connectivity index (χ1n) is 15.8. The SMILES string of the molecule is O=C(NCCN[C@@H](CCCN1CCCCC1)C(=O)NCC(c1ccccc1)c1ccccc1)c1ccc2ccccc2c1. The Balaban J connectivity index is 1.17. The summed E-state index contributed by atoms with van der Waals surface area (Å²) >= 11 is 0. The number of carbonyl (C=O) groups is 2. The highest BCUT2D eigenvalue weighted by Crippen LogP contribution is 2.24. The van der Waals surface area contributed by atoms with Crippen LogP contribution in [0.1, 0.15) is 59.5 Å². The highest BCUT2D eigenvalue weighted by atomic mass is 16.2. The van der Waals surface area contributed by atoms with Crippen LogP contribution in [0.2, 0.25) is 0 Å². The van der Waals surface area contributed by atoms with Crippen LogP contribution in [0.4, 0.5) is 0 Å². The molecule has 3 N–H and O–H groups in total. The van der Waals surface area contributed by atoms with E-state index in [9.17, 15) is 9.59 Å². The Hall–Kier alpha value is -4.00. The number of hydrogen-bond donors (Lipinski definition) is 3. The van der Waals surface area contributed by atoms with Crippen LogP contribution in [0.25, 0.3) is 10.8 Å². The Labute approximate surface area is 255 Å². The van der Waals surface area contributed by atoms with Crippen LogP contribution in [0.3, 0.4) is 0 Å². The fourth-order valence-electron chi connectivity index (χ4n) is 6.01. The Kier molecular flexibility index (Phi) is 11.3. The first-order valence-corrected chi connectivity index (χ1v) is 15.8. The lowest BCUT2D eigenvalue weighted by Crippen LogP contribution is -2.47. The van der Waals surface area contributed by atoms with E-state index < -0.39 is 0 Å². The van der Waals surface area contributed by atoms with Gasteiger partial charge in [-0.15, -0.1) is 0 Å². The second-order valence-corrected chi connectivity index (χ2v) is 11.5. The number of carbonyl (C=O) groups excluding carboxylic acids is 2. The summed E-state index contributed by atoms with van der Waals surface area (Å²) in [5.41, 5.74) is 3.00. The van der Waals surface area contributed by atoms with Crippen molar-refractivity contribution in [3.63, 3.8) is 0 Å². The van der Waals surface area contributed by atoms with Crippen molar-refractivity contribution in [1.82, 2.24) is 20.9 Å². The van der Waals surface area contributed by atoms with Gasteiger partial charge in [-0.1, -0.05) is 97.4 Å². The van der Waals surface area contributed by atoms with E-state index in [4.69, 9.17) is 0 Å². The van der Waals surface area contributed by atoms with E-state index in [1.54, 1.807) is 0 Å². The predicted octanol–water partition coefficient (Wildman–Crippen LogP) is 5.74. The molecule has 6 heteroatoms. The maximum absolute atomic E-state index is 13.6. The topological polar surface area (TPSA) is 73.5 Å². The van der Waals surface area contributed by atoms with Gasteiger partial charge in [-0.25, -0.2) is 0 Å². The van der Waals surface area contributed by atoms with Crippen LogP contribution in [0.15, 0.2) is 103 Å². The van der Waals surface area contributed by atoms with Crippen LogP contribution in [0, 0.1) is 0 Å². The van der Waals surface area contributed by atoms with Gasteiger partial charge < -0.3 is 20.9 Å². The second-order valence-electron chi connectivity index (χ2n) is 11.5. The summed E-state index contributed by atoms with van der Waals surface area (Å²) in [4.78, 5) is 28.9. The van der Waals surface area contributed by atoms with Gasteiger partial charge >= 0.3 is 0 Å². The molecule has 1 saturated heterocycles. The standard InChI is InChI=1S/C37H44N4O2/c42-36(33-21-20-29-13-8-9-18-32(29)27-33)39-23-22-38-35(19-12-26-41-24-10-3-11-25-41)37(43)40-28-34(30-14-4-1-5-15-30)31-16-6-2-7-17-31/h1-2,4-9,13-18,20-21,27,34-35,38H,3,10-12,19,22-26,28H2,(H,39,42)(H,40,43)/t35-/m0/s1. The quantitative estimate of drug-likeness (QED) is 0.167. The van der Waals surface area contributed by atoms with Gasteiger partial charge in [0.2, 0.25) is 5.91 Å². The van der Waals surface area contributed by atoms with Crippen molar-refractivity contribution in [2.24, 2.45) is 0 Å². The highest BCUT2D eigenvalue weighted by Gasteiger charge is 2.21. The van der Waals surface area contributed by atoms with Gasteiger partial charge in [0.1, 0.15) is 0 Å². The zero-order valence-electron chi connectivity index (χ0n) is 25.0. The van der Waals surface area contributed by atoms with Crippen molar-refractivity contribution in [3.05, 3.63) is 120 Å². The normalized spacial score (nSPS) is 14.4. The number of nitrogens with one attached hydrogen (secondary N) is 3. The van der Waals surface area contributed by atoms with Crippen molar-refractivity contribution < 1.29 is 9.59 Å². The number of nitrogens with zero attached hydrogens (tertiary/aromatic N) is 1. The van der Waals surface area contributed by atoms with E-state index in [-0.39, 0.29) is 23.8 Å². The minimum absolute atomic E-state index is 0.0105. The van der Waals surface area contributed by atoms with Crippen molar-refractivity contribution in [3.8, 4) is 0 Å². The van der Waals surface area contributed by atoms with Gasteiger partial charge in [-0.2, -0.15) is 0 Å². The Morgan fingerprint density at radius 2 is 1.35 bits per heavy atom. The van der Waals surface area contributed by atoms with Crippen LogP contribution in [0.5, 0.6) is 0 Å². The van der Waals surface area contributed by atoms with E-state index >= 15 is 0 Å². The second kappa shape index (κ2) is 16.0. The van der Waals surface area contributed by atoms with Gasteiger partial charge in [0, 0.05) is 31.1 Å². The van der Waals surface area contributed by atoms with Gasteiger partial charge in [0.05, 0.1) is 6.04 Å². The van der Waals surface area contributed by atoms with E-state index in [1.165, 1.54) is 30.4 Å². The number of hydrogen-bond acceptors (Lipinski definition) is 4. The molecule has 224 valence electrons. The molecule has 4 aromatic rings. The molecule has 0 aromatic heterocycles. The molecule has 0 aliphatic carbocycles. The zero-order chi connectivity index (χ0) is 29.7. The van der Waals surface area contributed by atoms with E-state index in [0.29, 0.717) is 25.2 Å². The summed E-state index contributed by atoms with van der Waals surface area (Å²) in [5, 5.41) is 11.9. The van der Waals surface area contributed by atoms with Crippen molar-refractivity contribution in [2.75, 3.05) is 39.3 Å². The van der Waals surface area contributed by atoms with Gasteiger partial charge in [0.15, 0.2) is 0 Å². The summed E-state index contributed by atoms with van der Waals surface area (Å²) in [5.74, 6) is -0.0230. The fourth-order valence-corrected chi connectivity index (χ4v) is 6.01. The van der Waals surface area contributed by atoms with Crippen LogP contribution in [-0.2, 0) is 4.79 Å². The lowest BCUT2D eigenvalue weighted by Gasteiger charge is -2.27. The molecule has 1 atom stereocenters. The minimum atomic E-state index is -0.324. The number of likely N-dealkylation sites (tertiary alicyclic amines) is 1. The molecule has 43 heavy (non-hydrogen) atoms. The largest absolute Gasteiger partial charge is 0.354 e. The minimum Gasteiger partial charge on any atom is -0.354 e. The third kappa shape index (κ3) is 8.99. The molecule has 0 bridgehead atoms. The molecule has 0 saturated carbocycles. The van der Waals surface area contributed by atoms with Crippen molar-refractivity contribution in [1.29, 1.82) is 0 Å². The molecule has 1 fully saturated rings. The third-order valence-electron chi connectivity index (χ3n) is 8.43. The Bertz CT molecular complexity index is 1400. The summed E-state index contributed by atoms with van der Waals surface area (Å²) in [7, 11) is 0. The van der Waals surface area contributed by atoms with E-state index in [0.717, 1.165) is 43.2 Å². The number of piperidine rings is 1. The summed E-state index contributed by atoms with van der Waals surface area (Å²) < 4.78 is 0. The maximum Gasteiger partial charge on any atom is 0.251 e. The van der Waals surface area contributed by atoms with Crippen molar-refractivity contribution >= 4 is 22.6 Å². The maximum atomic E-state index is 13.6. The number of amides is 2. The van der Waals surface area contributed by atoms with Crippen LogP contribution in [-0.4, -0.2) is 62.0 Å². The van der Waals surface area contributed by atoms with Gasteiger partial charge in [-0.3, -0.25) is 9.59 Å². The summed E-state index contributed by atoms with van der Waals surface area (Å²) in [6.07, 6.45) is 5.55. The average Bonchev–Trinajstić information content (AvgIpc) is 3.07. The number of rotatable bonds is 14. The summed E-state index contributed by atoms with van der Waals surface area (Å²) in [6, 6.07) is 34.2. The molecular weight excluding hydrogens is 532 g/mol. The average molecular weight is 577 g/mol. The van der Waals surface area contributed by atoms with Gasteiger partial charge in [-0.05, 0) is 79.3 Å². The molecule has 6 nitrogen and oxygen atoms in total. The van der Waals surface area contributed by atoms with Crippen LogP contribution >= 0.6 is 0 Å². The summed E-state index contributed by atoms with van der Waals surface area (Å²) in [6.45, 7) is 4.80. The molecule has 1 aliphatic heterocycles. The molecule has 0 radical (unpaired) electrons. The highest BCUT2D eigenvalue weighted by molar-refractivity contribution is 5.98. The monoisotopic (exact) mass is 576 g/mol. The lowest BCUT2D eigenvalue weighted by molar-refractivity contribution is -0.123. The van der Waals surface area contributed by atoms with Crippen LogP contribution < -0.4 is 16.0 Å². The molecular formula is C37H44N4O2. The molecule has 4 aromatic carbocycles. The van der Waals surface area contributed by atoms with E-state index in [1.807, 2.05) is 78.9 Å². The first-order chi connectivity index (χ1) is 21.2. The van der Waals surface area contributed by atoms with Gasteiger partial charge in [0.25, 0.3) is 5.91 Å². The smallest absolute Gasteiger partial charge is 0.251 e. The molecule has 0 unspecified atom stereocenters. The zero-order valence-corrected chi connectivity index (χ0v) is 25.0. The van der Waals surface area contributed by atoms with Crippen molar-refractivity contribution in [2.45, 2.75) is 44.1 Å². The van der Waals surface area contributed by atoms with E-state index in [2.05, 4.69) is 45.1 Å². The Morgan fingerprint density at radius 1 is 0.698 bits per heavy atom. The molecule has 2 amide bonds. The number of benzene rings is 4. The Morgan fingerprint density at radius 3 is 2.05 bits per heavy atom. The third-order valence-corrected chi connectivity index (χ3v) is 8.43. The number of fused-ring (bicyclic) bond motifs is 1. The molecule has 1 heterocycles. The molecule has 0 spiro atoms. The molecule has 1 aliphatic rings. The first kappa shape index (κ1) is 30.5. The molecule has 5 rings (SSSR count). The lowest BCUT2D eigenvalue weighted by atomic mass is 9.91. The fraction of sp³-hybridized carbons (Fsp3) is 0.351.